The fourth-order valence-electron chi connectivity index (χ4n) is 3.32. The number of nitrogens with zero attached hydrogens (tertiary/aromatic N) is 4. The molecule has 1 aromatic heterocycles. The number of anilines is 1. The van der Waals surface area contributed by atoms with E-state index in [1.165, 1.54) is 12.1 Å². The van der Waals surface area contributed by atoms with Gasteiger partial charge in [0.15, 0.2) is 5.82 Å². The fourth-order valence-corrected chi connectivity index (χ4v) is 3.32. The third-order valence-corrected chi connectivity index (χ3v) is 4.42. The molecule has 1 aliphatic carbocycles. The molecule has 0 saturated heterocycles. The van der Waals surface area contributed by atoms with Crippen molar-refractivity contribution in [3.05, 3.63) is 24.0 Å². The number of nitrogens with two attached hydrogens (primary N) is 1. The van der Waals surface area contributed by atoms with Crippen molar-refractivity contribution in [2.75, 3.05) is 5.73 Å². The Morgan fingerprint density at radius 2 is 2.10 bits per heavy atom. The maximum Gasteiger partial charge on any atom is 0.185 e. The van der Waals surface area contributed by atoms with Crippen molar-refractivity contribution in [1.29, 1.82) is 0 Å². The molecule has 3 rings (SSSR count). The van der Waals surface area contributed by atoms with Crippen LogP contribution in [0.1, 0.15) is 39.2 Å². The van der Waals surface area contributed by atoms with Crippen LogP contribution in [0.25, 0.3) is 11.4 Å². The van der Waals surface area contributed by atoms with E-state index >= 15 is 0 Å². The van der Waals surface area contributed by atoms with E-state index in [-0.39, 0.29) is 11.9 Å². The summed E-state index contributed by atoms with van der Waals surface area (Å²) in [5, 5.41) is 11.9. The average Bonchev–Trinajstić information content (AvgIpc) is 2.90. The van der Waals surface area contributed by atoms with Crippen molar-refractivity contribution in [2.24, 2.45) is 11.8 Å². The molecule has 6 heteroatoms. The second kappa shape index (κ2) is 5.42. The van der Waals surface area contributed by atoms with Crippen LogP contribution in [0.2, 0.25) is 0 Å². The maximum atomic E-state index is 14.1. The first-order valence-electron chi connectivity index (χ1n) is 7.39. The lowest BCUT2D eigenvalue weighted by atomic mass is 9.80. The molecule has 21 heavy (non-hydrogen) atoms. The van der Waals surface area contributed by atoms with Gasteiger partial charge in [-0.2, -0.15) is 0 Å². The number of nitrogen functional groups attached to an aromatic ring is 1. The molecule has 1 fully saturated rings. The first-order valence-corrected chi connectivity index (χ1v) is 7.39. The Morgan fingerprint density at radius 1 is 1.29 bits per heavy atom. The first kappa shape index (κ1) is 14.0. The lowest BCUT2D eigenvalue weighted by Gasteiger charge is -2.32. The van der Waals surface area contributed by atoms with E-state index in [1.54, 1.807) is 10.7 Å². The van der Waals surface area contributed by atoms with Crippen LogP contribution in [-0.4, -0.2) is 20.2 Å². The number of hydrogen-bond acceptors (Lipinski definition) is 4. The van der Waals surface area contributed by atoms with Gasteiger partial charge in [0.05, 0.1) is 11.6 Å². The molecular formula is C15H20FN5. The SMILES string of the molecule is CC1CCC(n2nnnc2-c2cc(N)ccc2F)C(C)C1. The van der Waals surface area contributed by atoms with E-state index in [0.717, 1.165) is 25.2 Å². The van der Waals surface area contributed by atoms with Gasteiger partial charge >= 0.3 is 0 Å². The summed E-state index contributed by atoms with van der Waals surface area (Å²) in [5.41, 5.74) is 6.64. The Bertz CT molecular complexity index is 639. The predicted molar refractivity (Wildman–Crippen MR) is 78.8 cm³/mol. The van der Waals surface area contributed by atoms with Crippen LogP contribution in [-0.2, 0) is 0 Å². The molecular weight excluding hydrogens is 269 g/mol. The highest BCUT2D eigenvalue weighted by Gasteiger charge is 2.30. The Morgan fingerprint density at radius 3 is 2.86 bits per heavy atom. The van der Waals surface area contributed by atoms with Crippen molar-refractivity contribution < 1.29 is 4.39 Å². The molecule has 3 unspecified atom stereocenters. The first-order chi connectivity index (χ1) is 10.1. The number of benzene rings is 1. The van der Waals surface area contributed by atoms with Gasteiger partial charge in [0.1, 0.15) is 5.82 Å². The topological polar surface area (TPSA) is 69.6 Å². The Balaban J connectivity index is 1.99. The van der Waals surface area contributed by atoms with Gasteiger partial charge in [0.2, 0.25) is 0 Å². The van der Waals surface area contributed by atoms with Gasteiger partial charge in [-0.15, -0.1) is 5.10 Å². The highest BCUT2D eigenvalue weighted by atomic mass is 19.1. The summed E-state index contributed by atoms with van der Waals surface area (Å²) in [7, 11) is 0. The minimum Gasteiger partial charge on any atom is -0.399 e. The van der Waals surface area contributed by atoms with Crippen molar-refractivity contribution >= 4 is 5.69 Å². The zero-order valence-corrected chi connectivity index (χ0v) is 12.3. The van der Waals surface area contributed by atoms with Crippen LogP contribution < -0.4 is 5.73 Å². The van der Waals surface area contributed by atoms with E-state index in [9.17, 15) is 4.39 Å². The van der Waals surface area contributed by atoms with E-state index in [4.69, 9.17) is 5.73 Å². The molecule has 0 spiro atoms. The maximum absolute atomic E-state index is 14.1. The van der Waals surface area contributed by atoms with Gasteiger partial charge in [0.25, 0.3) is 0 Å². The molecule has 2 aromatic rings. The van der Waals surface area contributed by atoms with E-state index in [2.05, 4.69) is 29.4 Å². The fraction of sp³-hybridized carbons (Fsp3) is 0.533. The zero-order chi connectivity index (χ0) is 15.0. The lowest BCUT2D eigenvalue weighted by Crippen LogP contribution is -2.26. The molecule has 2 N–H and O–H groups in total. The smallest absolute Gasteiger partial charge is 0.185 e. The lowest BCUT2D eigenvalue weighted by molar-refractivity contribution is 0.194. The highest BCUT2D eigenvalue weighted by molar-refractivity contribution is 5.61. The second-order valence-corrected chi connectivity index (χ2v) is 6.15. The summed E-state index contributed by atoms with van der Waals surface area (Å²) in [4.78, 5) is 0. The summed E-state index contributed by atoms with van der Waals surface area (Å²) < 4.78 is 15.8. The molecule has 1 aliphatic rings. The van der Waals surface area contributed by atoms with Gasteiger partial charge in [-0.3, -0.25) is 0 Å². The van der Waals surface area contributed by atoms with Crippen molar-refractivity contribution in [3.8, 4) is 11.4 Å². The van der Waals surface area contributed by atoms with Crippen LogP contribution >= 0.6 is 0 Å². The van der Waals surface area contributed by atoms with Gasteiger partial charge in [0, 0.05) is 5.69 Å². The van der Waals surface area contributed by atoms with Crippen LogP contribution in [0, 0.1) is 17.7 Å². The predicted octanol–water partition coefficient (Wildman–Crippen LogP) is 3.06. The molecule has 5 nitrogen and oxygen atoms in total. The summed E-state index contributed by atoms with van der Waals surface area (Å²) >= 11 is 0. The molecule has 0 radical (unpaired) electrons. The van der Waals surface area contributed by atoms with E-state index in [0.29, 0.717) is 23.0 Å². The molecule has 0 amide bonds. The highest BCUT2D eigenvalue weighted by Crippen LogP contribution is 2.38. The molecule has 112 valence electrons. The number of hydrogen-bond donors (Lipinski definition) is 1. The number of aromatic nitrogens is 4. The molecule has 1 saturated carbocycles. The van der Waals surface area contributed by atoms with Crippen LogP contribution in [0.15, 0.2) is 18.2 Å². The van der Waals surface area contributed by atoms with Crippen LogP contribution in [0.5, 0.6) is 0 Å². The molecule has 3 atom stereocenters. The van der Waals surface area contributed by atoms with E-state index < -0.39 is 0 Å². The number of halogens is 1. The Hall–Kier alpha value is -1.98. The normalized spacial score (nSPS) is 26.0. The summed E-state index contributed by atoms with van der Waals surface area (Å²) in [6, 6.07) is 4.70. The molecule has 1 heterocycles. The second-order valence-electron chi connectivity index (χ2n) is 6.15. The Kier molecular flexibility index (Phi) is 3.61. The third kappa shape index (κ3) is 2.62. The summed E-state index contributed by atoms with van der Waals surface area (Å²) in [6.45, 7) is 4.48. The van der Waals surface area contributed by atoms with Gasteiger partial charge < -0.3 is 5.73 Å². The summed E-state index contributed by atoms with van der Waals surface area (Å²) in [5.74, 6) is 1.31. The molecule has 0 aliphatic heterocycles. The minimum atomic E-state index is -0.350. The van der Waals surface area contributed by atoms with Crippen molar-refractivity contribution in [2.45, 2.75) is 39.2 Å². The molecule has 0 bridgehead atoms. The van der Waals surface area contributed by atoms with Crippen LogP contribution in [0.3, 0.4) is 0 Å². The summed E-state index contributed by atoms with van der Waals surface area (Å²) in [6.07, 6.45) is 3.31. The van der Waals surface area contributed by atoms with Gasteiger partial charge in [-0.25, -0.2) is 9.07 Å². The zero-order valence-electron chi connectivity index (χ0n) is 12.3. The number of tetrazole rings is 1. The average molecular weight is 289 g/mol. The quantitative estimate of drug-likeness (QED) is 0.863. The standard InChI is InChI=1S/C15H20FN5/c1-9-3-6-14(10(2)7-9)21-15(18-19-20-21)12-8-11(17)4-5-13(12)16/h4-5,8-10,14H,3,6-7,17H2,1-2H3. The van der Waals surface area contributed by atoms with Gasteiger partial charge in [-0.1, -0.05) is 13.8 Å². The minimum absolute atomic E-state index is 0.215. The Labute approximate surface area is 123 Å². The van der Waals surface area contributed by atoms with Crippen LogP contribution in [0.4, 0.5) is 10.1 Å². The molecule has 1 aromatic carbocycles. The largest absolute Gasteiger partial charge is 0.399 e. The van der Waals surface area contributed by atoms with Gasteiger partial charge in [-0.05, 0) is 59.7 Å². The van der Waals surface area contributed by atoms with Crippen molar-refractivity contribution in [3.63, 3.8) is 0 Å². The van der Waals surface area contributed by atoms with Crippen molar-refractivity contribution in [1.82, 2.24) is 20.2 Å². The third-order valence-electron chi connectivity index (χ3n) is 4.42. The number of rotatable bonds is 2. The van der Waals surface area contributed by atoms with E-state index in [1.807, 2.05) is 0 Å². The monoisotopic (exact) mass is 289 g/mol.